The van der Waals surface area contributed by atoms with Gasteiger partial charge >= 0.3 is 0 Å². The molecule has 0 spiro atoms. The fraction of sp³-hybridized carbons (Fsp3) is 0.333. The lowest BCUT2D eigenvalue weighted by Crippen LogP contribution is -2.36. The van der Waals surface area contributed by atoms with E-state index >= 15 is 0 Å². The molecule has 0 aliphatic heterocycles. The molecule has 0 amide bonds. The van der Waals surface area contributed by atoms with Gasteiger partial charge in [-0.05, 0) is 18.6 Å². The number of aryl methyl sites for hydroxylation is 1. The molecule has 29 heavy (non-hydrogen) atoms. The summed E-state index contributed by atoms with van der Waals surface area (Å²) in [6.45, 7) is 4.26. The van der Waals surface area contributed by atoms with Gasteiger partial charge in [-0.15, -0.1) is 24.0 Å². The summed E-state index contributed by atoms with van der Waals surface area (Å²) < 4.78 is 16.4. The van der Waals surface area contributed by atoms with Crippen molar-refractivity contribution in [1.82, 2.24) is 15.6 Å². The number of aromatic nitrogens is 1. The zero-order chi connectivity index (χ0) is 19.8. The minimum absolute atomic E-state index is 0. The Morgan fingerprint density at radius 1 is 1.10 bits per heavy atom. The van der Waals surface area contributed by atoms with Crippen molar-refractivity contribution in [3.05, 3.63) is 59.5 Å². The smallest absolute Gasteiger partial charge is 0.213 e. The highest BCUT2D eigenvalue weighted by atomic mass is 127. The first-order valence-electron chi connectivity index (χ1n) is 9.19. The minimum atomic E-state index is 0. The topological polar surface area (TPSA) is 80.9 Å². The molecular weight excluding hydrogens is 483 g/mol. The van der Waals surface area contributed by atoms with Gasteiger partial charge in [0, 0.05) is 43.9 Å². The van der Waals surface area contributed by atoms with Gasteiger partial charge in [-0.25, -0.2) is 4.98 Å². The Balaban J connectivity index is 0.00000300. The third-order valence-corrected chi connectivity index (χ3v) is 4.38. The first-order valence-corrected chi connectivity index (χ1v) is 9.19. The van der Waals surface area contributed by atoms with E-state index in [9.17, 15) is 0 Å². The molecule has 8 heteroatoms. The second-order valence-corrected chi connectivity index (χ2v) is 6.27. The SMILES string of the molecule is CN=C(NCc1ccc(OCCOC)nc1)NCc1oc2ccccc2c1C.I. The van der Waals surface area contributed by atoms with Crippen molar-refractivity contribution in [2.24, 2.45) is 4.99 Å². The van der Waals surface area contributed by atoms with Crippen molar-refractivity contribution < 1.29 is 13.9 Å². The lowest BCUT2D eigenvalue weighted by Gasteiger charge is -2.11. The van der Waals surface area contributed by atoms with Gasteiger partial charge in [0.1, 0.15) is 18.0 Å². The van der Waals surface area contributed by atoms with Gasteiger partial charge in [-0.2, -0.15) is 0 Å². The highest BCUT2D eigenvalue weighted by Gasteiger charge is 2.10. The molecule has 0 aliphatic rings. The van der Waals surface area contributed by atoms with Crippen molar-refractivity contribution in [3.63, 3.8) is 0 Å². The van der Waals surface area contributed by atoms with Crippen LogP contribution in [-0.2, 0) is 17.8 Å². The number of ether oxygens (including phenoxy) is 2. The third-order valence-electron chi connectivity index (χ3n) is 4.38. The number of nitrogens with zero attached hydrogens (tertiary/aromatic N) is 2. The predicted octanol–water partition coefficient (Wildman–Crippen LogP) is 3.64. The van der Waals surface area contributed by atoms with Gasteiger partial charge in [0.25, 0.3) is 0 Å². The van der Waals surface area contributed by atoms with E-state index in [1.54, 1.807) is 20.4 Å². The lowest BCUT2D eigenvalue weighted by molar-refractivity contribution is 0.143. The summed E-state index contributed by atoms with van der Waals surface area (Å²) in [4.78, 5) is 8.55. The zero-order valence-electron chi connectivity index (χ0n) is 16.9. The number of hydrogen-bond acceptors (Lipinski definition) is 5. The molecule has 0 radical (unpaired) electrons. The summed E-state index contributed by atoms with van der Waals surface area (Å²) in [6, 6.07) is 11.9. The Labute approximate surface area is 187 Å². The summed E-state index contributed by atoms with van der Waals surface area (Å²) in [5, 5.41) is 7.71. The van der Waals surface area contributed by atoms with E-state index in [1.165, 1.54) is 0 Å². The Morgan fingerprint density at radius 3 is 2.59 bits per heavy atom. The summed E-state index contributed by atoms with van der Waals surface area (Å²) in [6.07, 6.45) is 1.78. The number of fused-ring (bicyclic) bond motifs is 1. The van der Waals surface area contributed by atoms with Gasteiger partial charge in [0.2, 0.25) is 5.88 Å². The molecule has 0 unspecified atom stereocenters. The number of hydrogen-bond donors (Lipinski definition) is 2. The van der Waals surface area contributed by atoms with Crippen LogP contribution in [0.3, 0.4) is 0 Å². The average Bonchev–Trinajstić information content (AvgIpc) is 3.05. The maximum absolute atomic E-state index is 5.93. The number of aliphatic imine (C=N–C) groups is 1. The highest BCUT2D eigenvalue weighted by Crippen LogP contribution is 2.24. The standard InChI is InChI=1S/C21H26N4O3.HI/c1-15-17-6-4-5-7-18(17)28-19(15)14-25-21(22-2)24-13-16-8-9-20(23-12-16)27-11-10-26-3;/h4-9,12H,10-11,13-14H2,1-3H3,(H2,22,24,25);1H. The first kappa shape index (κ1) is 23.0. The van der Waals surface area contributed by atoms with Crippen molar-refractivity contribution in [1.29, 1.82) is 0 Å². The van der Waals surface area contributed by atoms with E-state index in [1.807, 2.05) is 30.3 Å². The molecule has 1 aromatic carbocycles. The number of methoxy groups -OCH3 is 1. The molecule has 3 aromatic rings. The van der Waals surface area contributed by atoms with Crippen LogP contribution >= 0.6 is 24.0 Å². The van der Waals surface area contributed by atoms with Gasteiger partial charge in [-0.3, -0.25) is 4.99 Å². The van der Waals surface area contributed by atoms with E-state index in [0.717, 1.165) is 27.9 Å². The van der Waals surface area contributed by atoms with Crippen LogP contribution in [0.1, 0.15) is 16.9 Å². The van der Waals surface area contributed by atoms with Crippen molar-refractivity contribution in [3.8, 4) is 5.88 Å². The molecule has 7 nitrogen and oxygen atoms in total. The molecule has 0 saturated carbocycles. The highest BCUT2D eigenvalue weighted by molar-refractivity contribution is 14.0. The van der Waals surface area contributed by atoms with Gasteiger partial charge in [0.05, 0.1) is 13.2 Å². The number of rotatable bonds is 8. The molecular formula is C21H27IN4O3. The fourth-order valence-corrected chi connectivity index (χ4v) is 2.79. The molecule has 2 heterocycles. The summed E-state index contributed by atoms with van der Waals surface area (Å²) in [5.41, 5.74) is 3.08. The number of benzene rings is 1. The first-order chi connectivity index (χ1) is 13.7. The molecule has 0 fully saturated rings. The van der Waals surface area contributed by atoms with Crippen molar-refractivity contribution >= 4 is 40.9 Å². The number of para-hydroxylation sites is 1. The van der Waals surface area contributed by atoms with E-state index in [0.29, 0.717) is 38.1 Å². The minimum Gasteiger partial charge on any atom is -0.475 e. The van der Waals surface area contributed by atoms with Crippen LogP contribution in [0.15, 0.2) is 52.0 Å². The van der Waals surface area contributed by atoms with Crippen molar-refractivity contribution in [2.45, 2.75) is 20.0 Å². The number of nitrogens with one attached hydrogen (secondary N) is 2. The van der Waals surface area contributed by atoms with E-state index in [-0.39, 0.29) is 24.0 Å². The van der Waals surface area contributed by atoms with E-state index < -0.39 is 0 Å². The zero-order valence-corrected chi connectivity index (χ0v) is 19.2. The second-order valence-electron chi connectivity index (χ2n) is 6.27. The normalized spacial score (nSPS) is 11.2. The monoisotopic (exact) mass is 510 g/mol. The van der Waals surface area contributed by atoms with E-state index in [2.05, 4.69) is 33.6 Å². The fourth-order valence-electron chi connectivity index (χ4n) is 2.79. The Hall–Kier alpha value is -2.33. The molecule has 2 aromatic heterocycles. The van der Waals surface area contributed by atoms with Crippen LogP contribution in [0.25, 0.3) is 11.0 Å². The molecule has 0 bridgehead atoms. The van der Waals surface area contributed by atoms with Gasteiger partial charge < -0.3 is 24.5 Å². The second kappa shape index (κ2) is 11.6. The number of furan rings is 1. The molecule has 2 N–H and O–H groups in total. The third kappa shape index (κ3) is 6.33. The van der Waals surface area contributed by atoms with Gasteiger partial charge in [0.15, 0.2) is 5.96 Å². The average molecular weight is 510 g/mol. The van der Waals surface area contributed by atoms with E-state index in [4.69, 9.17) is 13.9 Å². The largest absolute Gasteiger partial charge is 0.475 e. The Morgan fingerprint density at radius 2 is 1.90 bits per heavy atom. The van der Waals surface area contributed by atoms with Crippen LogP contribution in [0.5, 0.6) is 5.88 Å². The number of pyridine rings is 1. The Bertz CT molecular complexity index is 925. The molecule has 156 valence electrons. The lowest BCUT2D eigenvalue weighted by atomic mass is 10.1. The number of guanidine groups is 1. The summed E-state index contributed by atoms with van der Waals surface area (Å²) in [7, 11) is 3.38. The van der Waals surface area contributed by atoms with Crippen LogP contribution in [0, 0.1) is 6.92 Å². The predicted molar refractivity (Wildman–Crippen MR) is 125 cm³/mol. The van der Waals surface area contributed by atoms with Crippen LogP contribution < -0.4 is 15.4 Å². The quantitative estimate of drug-likeness (QED) is 0.209. The molecule has 3 rings (SSSR count). The maximum Gasteiger partial charge on any atom is 0.213 e. The molecule has 0 aliphatic carbocycles. The molecule has 0 atom stereocenters. The van der Waals surface area contributed by atoms with Crippen LogP contribution in [0.4, 0.5) is 0 Å². The van der Waals surface area contributed by atoms with Crippen molar-refractivity contribution in [2.75, 3.05) is 27.4 Å². The maximum atomic E-state index is 5.93. The summed E-state index contributed by atoms with van der Waals surface area (Å²) in [5.74, 6) is 2.19. The Kier molecular flexibility index (Phi) is 9.20. The van der Waals surface area contributed by atoms with Crippen LogP contribution in [0.2, 0.25) is 0 Å². The van der Waals surface area contributed by atoms with Crippen LogP contribution in [-0.4, -0.2) is 38.3 Å². The van der Waals surface area contributed by atoms with Gasteiger partial charge in [-0.1, -0.05) is 24.3 Å². The summed E-state index contributed by atoms with van der Waals surface area (Å²) >= 11 is 0. The number of halogens is 1. The molecule has 0 saturated heterocycles.